The Balaban J connectivity index is 2.47. The molecule has 0 atom stereocenters. The second-order valence-corrected chi connectivity index (χ2v) is 5.13. The van der Waals surface area contributed by atoms with Gasteiger partial charge in [-0.1, -0.05) is 30.3 Å². The quantitative estimate of drug-likeness (QED) is 0.748. The first-order valence-electron chi connectivity index (χ1n) is 6.36. The predicted molar refractivity (Wildman–Crippen MR) is 76.7 cm³/mol. The molecule has 0 bridgehead atoms. The van der Waals surface area contributed by atoms with Gasteiger partial charge in [0.05, 0.1) is 0 Å². The zero-order valence-corrected chi connectivity index (χ0v) is 11.1. The zero-order valence-electron chi connectivity index (χ0n) is 11.1. The molecule has 1 heteroatoms. The van der Waals surface area contributed by atoms with E-state index in [-0.39, 0.29) is 0 Å². The van der Waals surface area contributed by atoms with Crippen molar-refractivity contribution in [1.82, 2.24) is 0 Å². The van der Waals surface area contributed by atoms with Gasteiger partial charge in [-0.3, -0.25) is 0 Å². The summed E-state index contributed by atoms with van der Waals surface area (Å²) in [6.45, 7) is 8.98. The van der Waals surface area contributed by atoms with Crippen molar-refractivity contribution in [3.05, 3.63) is 42.5 Å². The maximum atomic E-state index is 2.45. The lowest BCUT2D eigenvalue weighted by Gasteiger charge is -2.33. The molecule has 90 valence electrons. The number of hydrogen-bond donors (Lipinski definition) is 0. The third-order valence-electron chi connectivity index (χ3n) is 3.14. The fraction of sp³-hybridized carbons (Fsp3) is 0.375. The summed E-state index contributed by atoms with van der Waals surface area (Å²) in [6, 6.07) is 16.3. The molecule has 0 spiro atoms. The van der Waals surface area contributed by atoms with E-state index in [1.807, 2.05) is 0 Å². The van der Waals surface area contributed by atoms with E-state index < -0.39 is 0 Å². The van der Waals surface area contributed by atoms with Crippen LogP contribution in [0.1, 0.15) is 27.7 Å². The number of rotatable bonds is 3. The molecule has 0 radical (unpaired) electrons. The average molecular weight is 227 g/mol. The standard InChI is InChI=1S/C16H21N/c1-12(2)17(13(3)4)16-10-9-14-7-5-6-8-15(14)11-16/h5-13H,1-4H3. The second-order valence-electron chi connectivity index (χ2n) is 5.13. The molecule has 0 saturated heterocycles. The third-order valence-corrected chi connectivity index (χ3v) is 3.14. The summed E-state index contributed by atoms with van der Waals surface area (Å²) < 4.78 is 0. The Morgan fingerprint density at radius 3 is 1.94 bits per heavy atom. The maximum Gasteiger partial charge on any atom is 0.0377 e. The van der Waals surface area contributed by atoms with E-state index in [9.17, 15) is 0 Å². The number of fused-ring (bicyclic) bond motifs is 1. The minimum absolute atomic E-state index is 0.524. The minimum Gasteiger partial charge on any atom is -0.367 e. The average Bonchev–Trinajstić information content (AvgIpc) is 2.28. The second kappa shape index (κ2) is 4.79. The van der Waals surface area contributed by atoms with Crippen LogP contribution in [-0.2, 0) is 0 Å². The van der Waals surface area contributed by atoms with Gasteiger partial charge in [-0.05, 0) is 50.6 Å². The largest absolute Gasteiger partial charge is 0.367 e. The predicted octanol–water partition coefficient (Wildman–Crippen LogP) is 4.46. The van der Waals surface area contributed by atoms with Crippen LogP contribution in [0.25, 0.3) is 10.8 Å². The van der Waals surface area contributed by atoms with Crippen molar-refractivity contribution in [2.75, 3.05) is 4.90 Å². The first kappa shape index (κ1) is 12.0. The van der Waals surface area contributed by atoms with Crippen molar-refractivity contribution in [2.24, 2.45) is 0 Å². The monoisotopic (exact) mass is 227 g/mol. The van der Waals surface area contributed by atoms with Crippen molar-refractivity contribution in [3.8, 4) is 0 Å². The van der Waals surface area contributed by atoms with Gasteiger partial charge in [0.2, 0.25) is 0 Å². The molecule has 0 aliphatic carbocycles. The molecular weight excluding hydrogens is 206 g/mol. The van der Waals surface area contributed by atoms with Crippen LogP contribution in [0, 0.1) is 0 Å². The van der Waals surface area contributed by atoms with Crippen LogP contribution in [0.4, 0.5) is 5.69 Å². The fourth-order valence-electron chi connectivity index (χ4n) is 2.53. The van der Waals surface area contributed by atoms with Gasteiger partial charge in [0, 0.05) is 17.8 Å². The molecule has 2 rings (SSSR count). The Morgan fingerprint density at radius 2 is 1.35 bits per heavy atom. The summed E-state index contributed by atoms with van der Waals surface area (Å²) >= 11 is 0. The van der Waals surface area contributed by atoms with Crippen molar-refractivity contribution in [2.45, 2.75) is 39.8 Å². The third kappa shape index (κ3) is 2.44. The van der Waals surface area contributed by atoms with Crippen LogP contribution >= 0.6 is 0 Å². The van der Waals surface area contributed by atoms with Crippen molar-refractivity contribution >= 4 is 16.5 Å². The number of benzene rings is 2. The fourth-order valence-corrected chi connectivity index (χ4v) is 2.53. The normalized spacial score (nSPS) is 11.4. The van der Waals surface area contributed by atoms with Gasteiger partial charge >= 0.3 is 0 Å². The van der Waals surface area contributed by atoms with Crippen LogP contribution in [0.2, 0.25) is 0 Å². The molecule has 0 N–H and O–H groups in total. The van der Waals surface area contributed by atoms with Crippen LogP contribution in [-0.4, -0.2) is 12.1 Å². The summed E-state index contributed by atoms with van der Waals surface area (Å²) in [4.78, 5) is 2.45. The van der Waals surface area contributed by atoms with Gasteiger partial charge in [0.15, 0.2) is 0 Å². The minimum atomic E-state index is 0.524. The summed E-state index contributed by atoms with van der Waals surface area (Å²) in [6.07, 6.45) is 0. The number of nitrogens with zero attached hydrogens (tertiary/aromatic N) is 1. The molecule has 0 amide bonds. The molecule has 0 unspecified atom stereocenters. The first-order valence-corrected chi connectivity index (χ1v) is 6.36. The molecule has 1 nitrogen and oxygen atoms in total. The highest BCUT2D eigenvalue weighted by molar-refractivity contribution is 5.85. The topological polar surface area (TPSA) is 3.24 Å². The van der Waals surface area contributed by atoms with E-state index in [1.165, 1.54) is 16.5 Å². The molecule has 2 aromatic rings. The Bertz CT molecular complexity index is 492. The molecule has 0 aliphatic rings. The van der Waals surface area contributed by atoms with Crippen molar-refractivity contribution in [1.29, 1.82) is 0 Å². The SMILES string of the molecule is CC(C)N(c1ccc2ccccc2c1)C(C)C. The van der Waals surface area contributed by atoms with Crippen LogP contribution in [0.15, 0.2) is 42.5 Å². The Labute approximate surface area is 104 Å². The lowest BCUT2D eigenvalue weighted by Crippen LogP contribution is -2.36. The van der Waals surface area contributed by atoms with Crippen LogP contribution in [0.3, 0.4) is 0 Å². The van der Waals surface area contributed by atoms with Gasteiger partial charge < -0.3 is 4.90 Å². The van der Waals surface area contributed by atoms with E-state index >= 15 is 0 Å². The molecule has 17 heavy (non-hydrogen) atoms. The highest BCUT2D eigenvalue weighted by Gasteiger charge is 2.13. The molecule has 0 aromatic heterocycles. The van der Waals surface area contributed by atoms with Gasteiger partial charge in [-0.25, -0.2) is 0 Å². The smallest absolute Gasteiger partial charge is 0.0377 e. The summed E-state index contributed by atoms with van der Waals surface area (Å²) in [5.74, 6) is 0. The van der Waals surface area contributed by atoms with Crippen molar-refractivity contribution < 1.29 is 0 Å². The first-order chi connectivity index (χ1) is 8.09. The molecule has 0 heterocycles. The van der Waals surface area contributed by atoms with Crippen LogP contribution in [0.5, 0.6) is 0 Å². The highest BCUT2D eigenvalue weighted by Crippen LogP contribution is 2.25. The number of hydrogen-bond acceptors (Lipinski definition) is 1. The van der Waals surface area contributed by atoms with E-state index in [2.05, 4.69) is 75.1 Å². The Morgan fingerprint density at radius 1 is 0.765 bits per heavy atom. The van der Waals surface area contributed by atoms with E-state index in [0.717, 1.165) is 0 Å². The lowest BCUT2D eigenvalue weighted by molar-refractivity contribution is 0.608. The lowest BCUT2D eigenvalue weighted by atomic mass is 10.1. The van der Waals surface area contributed by atoms with E-state index in [0.29, 0.717) is 12.1 Å². The van der Waals surface area contributed by atoms with Gasteiger partial charge in [0.25, 0.3) is 0 Å². The van der Waals surface area contributed by atoms with E-state index in [4.69, 9.17) is 0 Å². The highest BCUT2D eigenvalue weighted by atomic mass is 15.2. The number of anilines is 1. The molecule has 0 saturated carbocycles. The molecule has 0 fully saturated rings. The van der Waals surface area contributed by atoms with E-state index in [1.54, 1.807) is 0 Å². The zero-order chi connectivity index (χ0) is 12.4. The van der Waals surface area contributed by atoms with Crippen LogP contribution < -0.4 is 4.90 Å². The summed E-state index contributed by atoms with van der Waals surface area (Å²) in [5, 5.41) is 2.63. The Hall–Kier alpha value is -1.50. The van der Waals surface area contributed by atoms with Gasteiger partial charge in [-0.15, -0.1) is 0 Å². The van der Waals surface area contributed by atoms with Gasteiger partial charge in [-0.2, -0.15) is 0 Å². The maximum absolute atomic E-state index is 2.45. The molecule has 0 aliphatic heterocycles. The summed E-state index contributed by atoms with van der Waals surface area (Å²) in [5.41, 5.74) is 1.31. The Kier molecular flexibility index (Phi) is 3.37. The molecule has 2 aromatic carbocycles. The summed E-state index contributed by atoms with van der Waals surface area (Å²) in [7, 11) is 0. The molecular formula is C16H21N. The van der Waals surface area contributed by atoms with Crippen molar-refractivity contribution in [3.63, 3.8) is 0 Å². The van der Waals surface area contributed by atoms with Gasteiger partial charge in [0.1, 0.15) is 0 Å².